The Morgan fingerprint density at radius 3 is 2.71 bits per heavy atom. The van der Waals surface area contributed by atoms with Crippen molar-refractivity contribution in [1.82, 2.24) is 10.2 Å². The third-order valence-electron chi connectivity index (χ3n) is 3.94. The summed E-state index contributed by atoms with van der Waals surface area (Å²) in [6.07, 6.45) is 4.05. The number of carbonyl (C=O) groups excluding carboxylic acids is 1. The zero-order valence-electron chi connectivity index (χ0n) is 10.9. The van der Waals surface area contributed by atoms with Crippen molar-refractivity contribution in [2.75, 3.05) is 13.1 Å². The van der Waals surface area contributed by atoms with Gasteiger partial charge in [0.05, 0.1) is 6.10 Å². The number of nitrogens with one attached hydrogen (secondary N) is 1. The molecule has 1 amide bonds. The van der Waals surface area contributed by atoms with Crippen LogP contribution < -0.4 is 5.32 Å². The summed E-state index contributed by atoms with van der Waals surface area (Å²) < 4.78 is 0. The molecule has 0 radical (unpaired) electrons. The molecular formula is C13H24N2O2. The first-order valence-corrected chi connectivity index (χ1v) is 6.79. The van der Waals surface area contributed by atoms with Crippen molar-refractivity contribution < 1.29 is 9.90 Å². The smallest absolute Gasteiger partial charge is 0.217 e. The van der Waals surface area contributed by atoms with Crippen LogP contribution in [0.4, 0.5) is 0 Å². The number of carbonyl (C=O) groups is 1. The van der Waals surface area contributed by atoms with E-state index in [4.69, 9.17) is 0 Å². The molecule has 1 heterocycles. The fraction of sp³-hybridized carbons (Fsp3) is 0.923. The molecule has 2 fully saturated rings. The average molecular weight is 240 g/mol. The molecule has 0 spiro atoms. The van der Waals surface area contributed by atoms with Gasteiger partial charge in [0.1, 0.15) is 0 Å². The maximum atomic E-state index is 11.2. The molecule has 0 aromatic rings. The van der Waals surface area contributed by atoms with Crippen molar-refractivity contribution in [3.63, 3.8) is 0 Å². The van der Waals surface area contributed by atoms with Crippen LogP contribution in [-0.2, 0) is 4.79 Å². The first-order chi connectivity index (χ1) is 8.10. The number of nitrogens with zero attached hydrogens (tertiary/aromatic N) is 1. The van der Waals surface area contributed by atoms with Gasteiger partial charge in [-0.15, -0.1) is 0 Å². The van der Waals surface area contributed by atoms with Gasteiger partial charge in [-0.25, -0.2) is 0 Å². The Labute approximate surface area is 103 Å². The normalized spacial score (nSPS) is 32.2. The highest BCUT2D eigenvalue weighted by atomic mass is 16.3. The van der Waals surface area contributed by atoms with Gasteiger partial charge >= 0.3 is 0 Å². The third kappa shape index (κ3) is 3.42. The van der Waals surface area contributed by atoms with E-state index in [1.807, 2.05) is 6.92 Å². The minimum Gasteiger partial charge on any atom is -0.393 e. The number of aliphatic hydroxyl groups is 1. The lowest BCUT2D eigenvalue weighted by atomic mass is 9.88. The van der Waals surface area contributed by atoms with Crippen LogP contribution in [0.1, 0.15) is 39.5 Å². The zero-order valence-corrected chi connectivity index (χ0v) is 10.9. The molecule has 3 atom stereocenters. The molecule has 2 aliphatic rings. The average Bonchev–Trinajstić information content (AvgIpc) is 3.10. The number of piperidine rings is 1. The van der Waals surface area contributed by atoms with Crippen molar-refractivity contribution in [1.29, 1.82) is 0 Å². The Morgan fingerprint density at radius 1 is 1.47 bits per heavy atom. The van der Waals surface area contributed by atoms with E-state index >= 15 is 0 Å². The molecule has 2 rings (SSSR count). The van der Waals surface area contributed by atoms with Gasteiger partial charge in [-0.1, -0.05) is 6.92 Å². The number of likely N-dealkylation sites (tertiary alicyclic amines) is 1. The van der Waals surface area contributed by atoms with Gasteiger partial charge in [-0.05, 0) is 31.6 Å². The molecule has 98 valence electrons. The van der Waals surface area contributed by atoms with Gasteiger partial charge in [0.2, 0.25) is 5.91 Å². The Morgan fingerprint density at radius 2 is 2.18 bits per heavy atom. The van der Waals surface area contributed by atoms with Crippen molar-refractivity contribution in [3.8, 4) is 0 Å². The monoisotopic (exact) mass is 240 g/mol. The van der Waals surface area contributed by atoms with E-state index in [0.717, 1.165) is 25.9 Å². The summed E-state index contributed by atoms with van der Waals surface area (Å²) >= 11 is 0. The first kappa shape index (κ1) is 12.8. The molecule has 0 aromatic heterocycles. The summed E-state index contributed by atoms with van der Waals surface area (Å²) in [4.78, 5) is 13.6. The lowest BCUT2D eigenvalue weighted by Crippen LogP contribution is -2.53. The molecule has 1 saturated heterocycles. The molecular weight excluding hydrogens is 216 g/mol. The van der Waals surface area contributed by atoms with Gasteiger partial charge in [-0.2, -0.15) is 0 Å². The number of hydrogen-bond acceptors (Lipinski definition) is 3. The molecule has 0 bridgehead atoms. The predicted molar refractivity (Wildman–Crippen MR) is 66.6 cm³/mol. The first-order valence-electron chi connectivity index (χ1n) is 6.79. The Bertz CT molecular complexity index is 279. The quantitative estimate of drug-likeness (QED) is 0.762. The second kappa shape index (κ2) is 5.36. The van der Waals surface area contributed by atoms with Crippen molar-refractivity contribution in [3.05, 3.63) is 0 Å². The Kier molecular flexibility index (Phi) is 4.05. The van der Waals surface area contributed by atoms with Gasteiger partial charge in [-0.3, -0.25) is 9.69 Å². The second-order valence-electron chi connectivity index (χ2n) is 5.55. The summed E-state index contributed by atoms with van der Waals surface area (Å²) in [5.74, 6) is 0.351. The minimum absolute atomic E-state index is 0.0392. The van der Waals surface area contributed by atoms with Crippen LogP contribution in [0, 0.1) is 5.92 Å². The van der Waals surface area contributed by atoms with E-state index in [1.54, 1.807) is 6.92 Å². The molecule has 17 heavy (non-hydrogen) atoms. The fourth-order valence-corrected chi connectivity index (χ4v) is 2.92. The summed E-state index contributed by atoms with van der Waals surface area (Å²) in [5, 5.41) is 13.0. The van der Waals surface area contributed by atoms with E-state index in [9.17, 15) is 9.90 Å². The Hall–Kier alpha value is -0.610. The van der Waals surface area contributed by atoms with Crippen molar-refractivity contribution in [2.45, 2.75) is 57.7 Å². The number of hydrogen-bond donors (Lipinski definition) is 2. The van der Waals surface area contributed by atoms with Crippen molar-refractivity contribution in [2.24, 2.45) is 5.92 Å². The highest BCUT2D eigenvalue weighted by molar-refractivity contribution is 5.73. The molecule has 4 nitrogen and oxygen atoms in total. The molecule has 4 heteroatoms. The van der Waals surface area contributed by atoms with Crippen LogP contribution in [0.2, 0.25) is 0 Å². The maximum absolute atomic E-state index is 11.2. The van der Waals surface area contributed by atoms with E-state index < -0.39 is 0 Å². The number of aliphatic hydroxyl groups excluding tert-OH is 1. The fourth-order valence-electron chi connectivity index (χ4n) is 2.92. The van der Waals surface area contributed by atoms with Crippen LogP contribution in [-0.4, -0.2) is 47.2 Å². The zero-order chi connectivity index (χ0) is 12.4. The van der Waals surface area contributed by atoms with E-state index in [2.05, 4.69) is 10.2 Å². The lowest BCUT2D eigenvalue weighted by Gasteiger charge is -2.39. The minimum atomic E-state index is -0.229. The van der Waals surface area contributed by atoms with Crippen LogP contribution in [0.25, 0.3) is 0 Å². The second-order valence-corrected chi connectivity index (χ2v) is 5.55. The van der Waals surface area contributed by atoms with Crippen LogP contribution in [0.3, 0.4) is 0 Å². The van der Waals surface area contributed by atoms with Gasteiger partial charge in [0.15, 0.2) is 0 Å². The van der Waals surface area contributed by atoms with E-state index in [0.29, 0.717) is 12.0 Å². The molecule has 1 aliphatic heterocycles. The van der Waals surface area contributed by atoms with Gasteiger partial charge in [0, 0.05) is 32.1 Å². The predicted octanol–water partition coefficient (Wildman–Crippen LogP) is 0.746. The molecule has 1 aliphatic carbocycles. The summed E-state index contributed by atoms with van der Waals surface area (Å²) in [6, 6.07) is 0.922. The summed E-state index contributed by atoms with van der Waals surface area (Å²) in [6.45, 7) is 5.54. The topological polar surface area (TPSA) is 52.6 Å². The highest BCUT2D eigenvalue weighted by Gasteiger charge is 2.38. The van der Waals surface area contributed by atoms with Crippen molar-refractivity contribution >= 4 is 5.91 Å². The molecule has 3 unspecified atom stereocenters. The Balaban J connectivity index is 1.96. The molecule has 1 saturated carbocycles. The van der Waals surface area contributed by atoms with Gasteiger partial charge < -0.3 is 10.4 Å². The maximum Gasteiger partial charge on any atom is 0.217 e. The van der Waals surface area contributed by atoms with E-state index in [1.165, 1.54) is 12.8 Å². The lowest BCUT2D eigenvalue weighted by molar-refractivity contribution is -0.120. The molecule has 2 N–H and O–H groups in total. The van der Waals surface area contributed by atoms with Crippen LogP contribution >= 0.6 is 0 Å². The largest absolute Gasteiger partial charge is 0.393 e. The summed E-state index contributed by atoms with van der Waals surface area (Å²) in [5.41, 5.74) is 0. The number of amides is 1. The third-order valence-corrected chi connectivity index (χ3v) is 3.94. The summed E-state index contributed by atoms with van der Waals surface area (Å²) in [7, 11) is 0. The molecule has 0 aromatic carbocycles. The number of rotatable bonds is 4. The van der Waals surface area contributed by atoms with E-state index in [-0.39, 0.29) is 18.1 Å². The van der Waals surface area contributed by atoms with Crippen LogP contribution in [0.5, 0.6) is 0 Å². The SMILES string of the molecule is CCC(O)C1CC(NC(C)=O)CN(C2CC2)C1. The highest BCUT2D eigenvalue weighted by Crippen LogP contribution is 2.32. The van der Waals surface area contributed by atoms with Crippen LogP contribution in [0.15, 0.2) is 0 Å². The standard InChI is InChI=1S/C13H24N2O2/c1-3-13(17)10-6-11(14-9(2)16)8-15(7-10)12-4-5-12/h10-13,17H,3-8H2,1-2H3,(H,14,16). The van der Waals surface area contributed by atoms with Gasteiger partial charge in [0.25, 0.3) is 0 Å².